The van der Waals surface area contributed by atoms with Gasteiger partial charge in [0.2, 0.25) is 0 Å². The fourth-order valence-corrected chi connectivity index (χ4v) is 4.35. The third kappa shape index (κ3) is 8.13. The zero-order chi connectivity index (χ0) is 27.7. The molecule has 0 radical (unpaired) electrons. The van der Waals surface area contributed by atoms with Gasteiger partial charge in [0.25, 0.3) is 0 Å². The molecule has 2 rings (SSSR count). The standard InChI is InChI=1S/C28H37F2NO6/c1-7-18(8-2)27(37-24-15-20(29)9-10-21(24)30)17(5)36-28(34)19(13-16(3)4)14-22(32)25-26(33)23(35-6)11-12-31-25/h9-12,15-19,27,33H,7-8,13-14H2,1-6H3/t17-,19+,27+/m0/s1. The van der Waals surface area contributed by atoms with Crippen molar-refractivity contribution in [3.05, 3.63) is 47.8 Å². The molecule has 37 heavy (non-hydrogen) atoms. The average Bonchev–Trinajstić information content (AvgIpc) is 2.85. The van der Waals surface area contributed by atoms with Gasteiger partial charge in [-0.3, -0.25) is 9.59 Å². The van der Waals surface area contributed by atoms with Crippen molar-refractivity contribution < 1.29 is 37.7 Å². The predicted molar refractivity (Wildman–Crippen MR) is 135 cm³/mol. The second-order valence-electron chi connectivity index (χ2n) is 9.54. The van der Waals surface area contributed by atoms with Gasteiger partial charge in [-0.2, -0.15) is 0 Å². The third-order valence-corrected chi connectivity index (χ3v) is 6.33. The molecular formula is C28H37F2NO6. The van der Waals surface area contributed by atoms with Crippen molar-refractivity contribution in [1.82, 2.24) is 4.98 Å². The maximum absolute atomic E-state index is 14.3. The van der Waals surface area contributed by atoms with Gasteiger partial charge in [-0.05, 0) is 50.2 Å². The van der Waals surface area contributed by atoms with Crippen molar-refractivity contribution in [2.75, 3.05) is 7.11 Å². The molecule has 3 atom stereocenters. The number of aromatic nitrogens is 1. The maximum atomic E-state index is 14.3. The van der Waals surface area contributed by atoms with E-state index in [1.165, 1.54) is 19.4 Å². The second kappa shape index (κ2) is 13.9. The average molecular weight is 522 g/mol. The number of ether oxygens (including phenoxy) is 3. The van der Waals surface area contributed by atoms with Crippen LogP contribution in [0.15, 0.2) is 30.5 Å². The number of benzene rings is 1. The Morgan fingerprint density at radius 3 is 2.32 bits per heavy atom. The predicted octanol–water partition coefficient (Wildman–Crippen LogP) is 6.12. The van der Waals surface area contributed by atoms with Crippen LogP contribution in [-0.4, -0.2) is 41.2 Å². The van der Waals surface area contributed by atoms with Crippen molar-refractivity contribution in [2.45, 2.75) is 72.5 Å². The van der Waals surface area contributed by atoms with Crippen molar-refractivity contribution >= 4 is 11.8 Å². The lowest BCUT2D eigenvalue weighted by atomic mass is 9.90. The zero-order valence-corrected chi connectivity index (χ0v) is 22.3. The SMILES string of the molecule is CCC(CC)[C@H](Oc1cc(F)ccc1F)[C@H](C)OC(=O)[C@@H](CC(=O)c1nccc(OC)c1O)CC(C)C. The van der Waals surface area contributed by atoms with E-state index in [2.05, 4.69) is 4.98 Å². The number of hydrogen-bond donors (Lipinski definition) is 1. The van der Waals surface area contributed by atoms with Crippen molar-refractivity contribution in [3.8, 4) is 17.2 Å². The number of methoxy groups -OCH3 is 1. The van der Waals surface area contributed by atoms with E-state index in [9.17, 15) is 23.5 Å². The molecule has 0 aliphatic heterocycles. The Morgan fingerprint density at radius 2 is 1.73 bits per heavy atom. The van der Waals surface area contributed by atoms with E-state index in [1.807, 2.05) is 27.7 Å². The Labute approximate surface area is 217 Å². The van der Waals surface area contributed by atoms with E-state index in [4.69, 9.17) is 14.2 Å². The lowest BCUT2D eigenvalue weighted by molar-refractivity contribution is -0.160. The molecule has 2 aromatic rings. The van der Waals surface area contributed by atoms with Crippen LogP contribution in [0, 0.1) is 29.4 Å². The number of aromatic hydroxyl groups is 1. The number of ketones is 1. The van der Waals surface area contributed by atoms with Gasteiger partial charge in [-0.15, -0.1) is 0 Å². The molecule has 0 aliphatic rings. The van der Waals surface area contributed by atoms with Gasteiger partial charge >= 0.3 is 5.97 Å². The molecule has 204 valence electrons. The lowest BCUT2D eigenvalue weighted by Gasteiger charge is -2.32. The number of nitrogens with zero attached hydrogens (tertiary/aromatic N) is 1. The lowest BCUT2D eigenvalue weighted by Crippen LogP contribution is -2.41. The Balaban J connectivity index is 2.26. The first-order valence-corrected chi connectivity index (χ1v) is 12.6. The quantitative estimate of drug-likeness (QED) is 0.236. The number of pyridine rings is 1. The van der Waals surface area contributed by atoms with E-state index in [1.54, 1.807) is 6.92 Å². The summed E-state index contributed by atoms with van der Waals surface area (Å²) in [7, 11) is 1.36. The highest BCUT2D eigenvalue weighted by atomic mass is 19.1. The molecule has 1 heterocycles. The monoisotopic (exact) mass is 521 g/mol. The van der Waals surface area contributed by atoms with Crippen LogP contribution in [0.4, 0.5) is 8.78 Å². The van der Waals surface area contributed by atoms with Gasteiger partial charge in [0.1, 0.15) is 18.0 Å². The van der Waals surface area contributed by atoms with Crippen LogP contribution in [0.5, 0.6) is 17.2 Å². The van der Waals surface area contributed by atoms with E-state index in [-0.39, 0.29) is 41.2 Å². The van der Waals surface area contributed by atoms with Crippen molar-refractivity contribution in [2.24, 2.45) is 17.8 Å². The molecule has 0 amide bonds. The number of Topliss-reactive ketones (excluding diaryl/α,β-unsaturated/α-hetero) is 1. The van der Waals surface area contributed by atoms with Gasteiger partial charge in [-0.25, -0.2) is 13.8 Å². The summed E-state index contributed by atoms with van der Waals surface area (Å²) in [5.41, 5.74) is -0.186. The van der Waals surface area contributed by atoms with E-state index >= 15 is 0 Å². The molecule has 0 saturated heterocycles. The second-order valence-corrected chi connectivity index (χ2v) is 9.54. The van der Waals surface area contributed by atoms with E-state index in [0.717, 1.165) is 18.2 Å². The minimum absolute atomic E-state index is 0.0694. The van der Waals surface area contributed by atoms with Crippen LogP contribution in [0.3, 0.4) is 0 Å². The highest BCUT2D eigenvalue weighted by Crippen LogP contribution is 2.31. The molecule has 1 N–H and O–H groups in total. The minimum Gasteiger partial charge on any atom is -0.503 e. The summed E-state index contributed by atoms with van der Waals surface area (Å²) in [6.07, 6.45) is 1.24. The molecule has 0 fully saturated rings. The molecule has 1 aromatic carbocycles. The summed E-state index contributed by atoms with van der Waals surface area (Å²) in [5, 5.41) is 10.3. The van der Waals surface area contributed by atoms with Crippen molar-refractivity contribution in [3.63, 3.8) is 0 Å². The molecule has 0 unspecified atom stereocenters. The zero-order valence-electron chi connectivity index (χ0n) is 22.3. The summed E-state index contributed by atoms with van der Waals surface area (Å²) in [6.45, 7) is 9.35. The molecule has 0 bridgehead atoms. The maximum Gasteiger partial charge on any atom is 0.309 e. The molecule has 9 heteroatoms. The number of esters is 1. The fourth-order valence-electron chi connectivity index (χ4n) is 4.35. The van der Waals surface area contributed by atoms with Crippen LogP contribution in [-0.2, 0) is 9.53 Å². The Morgan fingerprint density at radius 1 is 1.05 bits per heavy atom. The number of carbonyl (C=O) groups is 2. The van der Waals surface area contributed by atoms with Gasteiger partial charge in [0.15, 0.2) is 34.5 Å². The van der Waals surface area contributed by atoms with Crippen LogP contribution in [0.2, 0.25) is 0 Å². The summed E-state index contributed by atoms with van der Waals surface area (Å²) >= 11 is 0. The van der Waals surface area contributed by atoms with Crippen LogP contribution < -0.4 is 9.47 Å². The molecule has 0 saturated carbocycles. The summed E-state index contributed by atoms with van der Waals surface area (Å²) in [5.74, 6) is -3.89. The highest BCUT2D eigenvalue weighted by molar-refractivity contribution is 5.99. The van der Waals surface area contributed by atoms with Crippen LogP contribution in [0.1, 0.15) is 70.8 Å². The third-order valence-electron chi connectivity index (χ3n) is 6.33. The van der Waals surface area contributed by atoms with Gasteiger partial charge < -0.3 is 19.3 Å². The Bertz CT molecular complexity index is 1060. The minimum atomic E-state index is -0.812. The van der Waals surface area contributed by atoms with Gasteiger partial charge in [-0.1, -0.05) is 27.7 Å². The molecule has 0 aliphatic carbocycles. The summed E-state index contributed by atoms with van der Waals surface area (Å²) in [6, 6.07) is 4.37. The van der Waals surface area contributed by atoms with Crippen LogP contribution in [0.25, 0.3) is 0 Å². The fraction of sp³-hybridized carbons (Fsp3) is 0.536. The van der Waals surface area contributed by atoms with E-state index in [0.29, 0.717) is 19.3 Å². The number of halogens is 2. The Kier molecular flexibility index (Phi) is 11.3. The van der Waals surface area contributed by atoms with Gasteiger partial charge in [0, 0.05) is 24.8 Å². The first-order valence-electron chi connectivity index (χ1n) is 12.6. The summed E-state index contributed by atoms with van der Waals surface area (Å²) < 4.78 is 44.7. The number of carbonyl (C=O) groups excluding carboxylic acids is 2. The van der Waals surface area contributed by atoms with Crippen molar-refractivity contribution in [1.29, 1.82) is 0 Å². The number of rotatable bonds is 14. The normalized spacial score (nSPS) is 13.8. The molecule has 1 aromatic heterocycles. The molecular weight excluding hydrogens is 484 g/mol. The highest BCUT2D eigenvalue weighted by Gasteiger charge is 2.34. The summed E-state index contributed by atoms with van der Waals surface area (Å²) in [4.78, 5) is 30.2. The molecule has 0 spiro atoms. The topological polar surface area (TPSA) is 95.0 Å². The Hall–Kier alpha value is -3.23. The van der Waals surface area contributed by atoms with Gasteiger partial charge in [0.05, 0.1) is 13.0 Å². The number of hydrogen-bond acceptors (Lipinski definition) is 7. The first kappa shape index (κ1) is 30.0. The van der Waals surface area contributed by atoms with E-state index < -0.39 is 41.5 Å². The van der Waals surface area contributed by atoms with Crippen LogP contribution >= 0.6 is 0 Å². The largest absolute Gasteiger partial charge is 0.503 e. The first-order chi connectivity index (χ1) is 17.5. The molecule has 7 nitrogen and oxygen atoms in total. The smallest absolute Gasteiger partial charge is 0.309 e.